The number of anilines is 1. The van der Waals surface area contributed by atoms with Crippen molar-refractivity contribution in [2.45, 2.75) is 24.4 Å². The van der Waals surface area contributed by atoms with Gasteiger partial charge in [-0.1, -0.05) is 24.4 Å². The Morgan fingerprint density at radius 3 is 2.85 bits per heavy atom. The van der Waals surface area contributed by atoms with E-state index in [4.69, 9.17) is 11.0 Å². The normalized spacial score (nSPS) is 23.8. The molecule has 3 aliphatic heterocycles. The highest BCUT2D eigenvalue weighted by Gasteiger charge is 2.40. The number of hydrogen-bond acceptors (Lipinski definition) is 7. The van der Waals surface area contributed by atoms with E-state index in [1.807, 2.05) is 36.3 Å². The summed E-state index contributed by atoms with van der Waals surface area (Å²) in [6.07, 6.45) is 7.26. The third kappa shape index (κ3) is 4.54. The second kappa shape index (κ2) is 9.81. The minimum Gasteiger partial charge on any atom is -0.360 e. The topological polar surface area (TPSA) is 89.5 Å². The molecule has 1 aromatic heterocycles. The van der Waals surface area contributed by atoms with Crippen LogP contribution in [0.1, 0.15) is 23.8 Å². The van der Waals surface area contributed by atoms with Gasteiger partial charge in [-0.15, -0.1) is 0 Å². The summed E-state index contributed by atoms with van der Waals surface area (Å²) in [6.45, 7) is 5.58. The van der Waals surface area contributed by atoms with Crippen LogP contribution in [0, 0.1) is 11.3 Å². The first-order chi connectivity index (χ1) is 16.0. The molecule has 0 spiro atoms. The number of pyridine rings is 1. The molecule has 1 aromatic rings. The average molecular weight is 467 g/mol. The van der Waals surface area contributed by atoms with Crippen LogP contribution >= 0.6 is 11.8 Å². The van der Waals surface area contributed by atoms with Crippen LogP contribution in [0.25, 0.3) is 0 Å². The Bertz CT molecular complexity index is 1070. The van der Waals surface area contributed by atoms with Crippen molar-refractivity contribution < 1.29 is 9.18 Å². The van der Waals surface area contributed by atoms with Gasteiger partial charge in [0.25, 0.3) is 5.91 Å². The van der Waals surface area contributed by atoms with E-state index in [-0.39, 0.29) is 17.8 Å². The molecule has 2 N–H and O–H groups in total. The number of rotatable bonds is 6. The molecule has 3 aliphatic rings. The third-order valence-electron chi connectivity index (χ3n) is 6.13. The summed E-state index contributed by atoms with van der Waals surface area (Å²) >= 11 is 1.52. The summed E-state index contributed by atoms with van der Waals surface area (Å²) in [5.41, 5.74) is 8.65. The summed E-state index contributed by atoms with van der Waals surface area (Å²) in [6, 6.07) is 5.99. The number of carbonyl (C=O) groups excluding carboxylic acids is 1. The number of nitrogens with zero attached hydrogens (tertiary/aromatic N) is 5. The van der Waals surface area contributed by atoms with Crippen LogP contribution in [-0.2, 0) is 4.79 Å². The van der Waals surface area contributed by atoms with E-state index in [0.29, 0.717) is 42.2 Å². The molecule has 0 saturated carbocycles. The number of amides is 1. The van der Waals surface area contributed by atoms with Crippen molar-refractivity contribution in [3.63, 3.8) is 0 Å². The molecule has 1 fully saturated rings. The molecule has 7 nitrogen and oxygen atoms in total. The van der Waals surface area contributed by atoms with E-state index in [2.05, 4.69) is 16.5 Å². The standard InChI is InChI=1S/C24H27FN6OS/c1-3-19(6-4-16(12-26)13-27)31-11-9-20-22(23(31)32)33-24(29(20)2)17-5-7-21(28-14-17)30-10-8-18(25)15-30/h3-7,14,18,24H,1,8-12,15,26H2,2H3/b16-4+,19-6+. The van der Waals surface area contributed by atoms with Crippen molar-refractivity contribution in [2.75, 3.05) is 38.1 Å². The van der Waals surface area contributed by atoms with E-state index < -0.39 is 6.17 Å². The number of allylic oxidation sites excluding steroid dienone is 3. The van der Waals surface area contributed by atoms with Crippen LogP contribution in [0.3, 0.4) is 0 Å². The monoisotopic (exact) mass is 466 g/mol. The second-order valence-electron chi connectivity index (χ2n) is 8.15. The summed E-state index contributed by atoms with van der Waals surface area (Å²) in [7, 11) is 2.00. The van der Waals surface area contributed by atoms with Crippen molar-refractivity contribution >= 4 is 23.5 Å². The molecule has 1 amide bonds. The molecule has 0 aliphatic carbocycles. The van der Waals surface area contributed by atoms with Gasteiger partial charge in [-0.2, -0.15) is 5.26 Å². The number of aromatic nitrogens is 1. The van der Waals surface area contributed by atoms with E-state index in [1.165, 1.54) is 11.8 Å². The van der Waals surface area contributed by atoms with Gasteiger partial charge in [0, 0.05) is 61.8 Å². The highest BCUT2D eigenvalue weighted by molar-refractivity contribution is 8.04. The number of hydrogen-bond donors (Lipinski definition) is 1. The lowest BCUT2D eigenvalue weighted by Gasteiger charge is -2.30. The average Bonchev–Trinajstić information content (AvgIpc) is 3.42. The van der Waals surface area contributed by atoms with E-state index in [9.17, 15) is 9.18 Å². The predicted molar refractivity (Wildman–Crippen MR) is 128 cm³/mol. The van der Waals surface area contributed by atoms with Crippen molar-refractivity contribution in [1.29, 1.82) is 5.26 Å². The van der Waals surface area contributed by atoms with Crippen LogP contribution in [0.15, 0.2) is 65.0 Å². The van der Waals surface area contributed by atoms with Gasteiger partial charge < -0.3 is 20.4 Å². The highest BCUT2D eigenvalue weighted by Crippen LogP contribution is 2.50. The summed E-state index contributed by atoms with van der Waals surface area (Å²) in [4.78, 5) is 24.4. The number of halogens is 1. The first-order valence-corrected chi connectivity index (χ1v) is 11.8. The zero-order chi connectivity index (χ0) is 23.5. The smallest absolute Gasteiger partial charge is 0.266 e. The van der Waals surface area contributed by atoms with Crippen molar-refractivity contribution in [1.82, 2.24) is 14.8 Å². The molecule has 2 unspecified atom stereocenters. The van der Waals surface area contributed by atoms with Gasteiger partial charge >= 0.3 is 0 Å². The highest BCUT2D eigenvalue weighted by atomic mass is 32.2. The molecule has 1 saturated heterocycles. The van der Waals surface area contributed by atoms with Crippen LogP contribution in [-0.4, -0.2) is 60.1 Å². The summed E-state index contributed by atoms with van der Waals surface area (Å²) in [5.74, 6) is 0.713. The molecule has 0 radical (unpaired) electrons. The number of carbonyl (C=O) groups is 1. The minimum atomic E-state index is -0.792. The van der Waals surface area contributed by atoms with Gasteiger partial charge in [0.05, 0.1) is 17.5 Å². The van der Waals surface area contributed by atoms with E-state index >= 15 is 0 Å². The molecule has 172 valence electrons. The maximum Gasteiger partial charge on any atom is 0.266 e. The van der Waals surface area contributed by atoms with Gasteiger partial charge in [-0.3, -0.25) is 4.79 Å². The van der Waals surface area contributed by atoms with E-state index in [1.54, 1.807) is 23.1 Å². The SMILES string of the molecule is C=C/C(=C\C=C(\C#N)CN)N1CCC2=C(SC(c3ccc(N4CCC(F)C4)nc3)N2C)C1=O. The molecule has 9 heteroatoms. The molecule has 2 atom stereocenters. The minimum absolute atomic E-state index is 0.0496. The number of alkyl halides is 1. The maximum absolute atomic E-state index is 13.5. The first kappa shape index (κ1) is 23.1. The van der Waals surface area contributed by atoms with Crippen LogP contribution in [0.4, 0.5) is 10.2 Å². The molecule has 4 rings (SSSR count). The lowest BCUT2D eigenvalue weighted by Crippen LogP contribution is -2.36. The Labute approximate surface area is 197 Å². The molecule has 4 heterocycles. The molecular weight excluding hydrogens is 439 g/mol. The lowest BCUT2D eigenvalue weighted by molar-refractivity contribution is -0.125. The number of nitrogens with two attached hydrogens (primary N) is 1. The fourth-order valence-electron chi connectivity index (χ4n) is 4.27. The lowest BCUT2D eigenvalue weighted by atomic mass is 10.1. The quantitative estimate of drug-likeness (QED) is 0.509. The Morgan fingerprint density at radius 1 is 1.42 bits per heavy atom. The Balaban J connectivity index is 1.50. The number of thioether (sulfide) groups is 1. The second-order valence-corrected chi connectivity index (χ2v) is 9.24. The Kier molecular flexibility index (Phi) is 6.86. The van der Waals surface area contributed by atoms with Crippen LogP contribution in [0.2, 0.25) is 0 Å². The summed E-state index contributed by atoms with van der Waals surface area (Å²) in [5, 5.41) is 9.03. The summed E-state index contributed by atoms with van der Waals surface area (Å²) < 4.78 is 13.5. The Morgan fingerprint density at radius 2 is 2.24 bits per heavy atom. The fraction of sp³-hybridized carbons (Fsp3) is 0.375. The van der Waals surface area contributed by atoms with Crippen LogP contribution < -0.4 is 10.6 Å². The largest absolute Gasteiger partial charge is 0.360 e. The van der Waals surface area contributed by atoms with Crippen molar-refractivity contribution in [3.8, 4) is 6.07 Å². The fourth-order valence-corrected chi connectivity index (χ4v) is 5.64. The number of nitriles is 1. The third-order valence-corrected chi connectivity index (χ3v) is 7.59. The maximum atomic E-state index is 13.5. The zero-order valence-electron chi connectivity index (χ0n) is 18.6. The Hall–Kier alpha value is -3.09. The van der Waals surface area contributed by atoms with Gasteiger partial charge in [0.1, 0.15) is 17.4 Å². The van der Waals surface area contributed by atoms with Gasteiger partial charge in [-0.25, -0.2) is 9.37 Å². The zero-order valence-corrected chi connectivity index (χ0v) is 19.4. The van der Waals surface area contributed by atoms with Crippen molar-refractivity contribution in [3.05, 3.63) is 70.6 Å². The molecule has 0 bridgehead atoms. The molecular formula is C24H27FN6OS. The first-order valence-electron chi connectivity index (χ1n) is 10.9. The van der Waals surface area contributed by atoms with Crippen LogP contribution in [0.5, 0.6) is 0 Å². The molecule has 33 heavy (non-hydrogen) atoms. The van der Waals surface area contributed by atoms with Gasteiger partial charge in [0.2, 0.25) is 0 Å². The van der Waals surface area contributed by atoms with Crippen molar-refractivity contribution in [2.24, 2.45) is 5.73 Å². The van der Waals surface area contributed by atoms with Gasteiger partial charge in [0.15, 0.2) is 0 Å². The molecule has 0 aromatic carbocycles. The van der Waals surface area contributed by atoms with Gasteiger partial charge in [-0.05, 0) is 30.7 Å². The predicted octanol–water partition coefficient (Wildman–Crippen LogP) is 3.23. The van der Waals surface area contributed by atoms with E-state index in [0.717, 1.165) is 23.5 Å².